The molecule has 146 valence electrons. The van der Waals surface area contributed by atoms with Crippen LogP contribution in [-0.4, -0.2) is 47.9 Å². The first kappa shape index (κ1) is 20.5. The number of anilines is 1. The van der Waals surface area contributed by atoms with Gasteiger partial charge >= 0.3 is 0 Å². The van der Waals surface area contributed by atoms with Crippen molar-refractivity contribution in [2.45, 2.75) is 0 Å². The Hall–Kier alpha value is -2.81. The lowest BCUT2D eigenvalue weighted by Gasteiger charge is -2.23. The minimum atomic E-state index is -3.72. The number of carbonyl (C=O) groups is 1. The number of carbonyl (C=O) groups excluding carboxylic acids is 1. The number of amides is 1. The fourth-order valence-corrected chi connectivity index (χ4v) is 3.40. The molecule has 27 heavy (non-hydrogen) atoms. The third-order valence-electron chi connectivity index (χ3n) is 3.77. The summed E-state index contributed by atoms with van der Waals surface area (Å²) in [7, 11) is -0.775. The average Bonchev–Trinajstić information content (AvgIpc) is 2.64. The molecule has 0 saturated heterocycles. The Labute approximate surface area is 157 Å². The highest BCUT2D eigenvalue weighted by Gasteiger charge is 2.20. The molecular formula is C18H21FN2O5S. The largest absolute Gasteiger partial charge is 0.493 e. The number of ether oxygens (including phenoxy) is 2. The zero-order chi connectivity index (χ0) is 20.0. The maximum atomic E-state index is 14.0. The second-order valence-electron chi connectivity index (χ2n) is 5.61. The summed E-state index contributed by atoms with van der Waals surface area (Å²) in [5, 5.41) is 2.62. The highest BCUT2D eigenvalue weighted by Crippen LogP contribution is 2.27. The van der Waals surface area contributed by atoms with Gasteiger partial charge in [-0.3, -0.25) is 9.10 Å². The first-order valence-electron chi connectivity index (χ1n) is 8.00. The van der Waals surface area contributed by atoms with E-state index in [1.165, 1.54) is 38.5 Å². The maximum Gasteiger partial charge on any atom is 0.251 e. The molecule has 0 spiro atoms. The van der Waals surface area contributed by atoms with Crippen LogP contribution >= 0.6 is 0 Å². The maximum absolute atomic E-state index is 14.0. The first-order chi connectivity index (χ1) is 12.8. The molecule has 0 aliphatic carbocycles. The second kappa shape index (κ2) is 8.72. The summed E-state index contributed by atoms with van der Waals surface area (Å²) >= 11 is 0. The van der Waals surface area contributed by atoms with Gasteiger partial charge in [0.1, 0.15) is 5.82 Å². The Morgan fingerprint density at radius 2 is 1.78 bits per heavy atom. The summed E-state index contributed by atoms with van der Waals surface area (Å²) in [5.41, 5.74) is 0.254. The number of hydrogen-bond acceptors (Lipinski definition) is 5. The fourth-order valence-electron chi connectivity index (χ4n) is 2.47. The standard InChI is InChI=1S/C18H21FN2O5S/c1-25-16-9-8-13(12-17(16)26-2)18(22)20-10-11-21(27(3,23)24)15-7-5-4-6-14(15)19/h4-9,12H,10-11H2,1-3H3,(H,20,22). The van der Waals surface area contributed by atoms with Gasteiger partial charge in [0.05, 0.1) is 32.7 Å². The van der Waals surface area contributed by atoms with Crippen molar-refractivity contribution in [1.82, 2.24) is 5.32 Å². The van der Waals surface area contributed by atoms with Gasteiger partial charge in [0.2, 0.25) is 10.0 Å². The van der Waals surface area contributed by atoms with Crippen LogP contribution in [0.5, 0.6) is 11.5 Å². The number of rotatable bonds is 8. The summed E-state index contributed by atoms with van der Waals surface area (Å²) in [4.78, 5) is 12.3. The Kier molecular flexibility index (Phi) is 6.62. The Bertz CT molecular complexity index is 918. The van der Waals surface area contributed by atoms with E-state index in [-0.39, 0.29) is 18.8 Å². The highest BCUT2D eigenvalue weighted by molar-refractivity contribution is 7.92. The summed E-state index contributed by atoms with van der Waals surface area (Å²) in [6, 6.07) is 10.2. The van der Waals surface area contributed by atoms with Crippen molar-refractivity contribution in [1.29, 1.82) is 0 Å². The molecule has 2 aromatic carbocycles. The monoisotopic (exact) mass is 396 g/mol. The Balaban J connectivity index is 2.09. The summed E-state index contributed by atoms with van der Waals surface area (Å²) in [6.45, 7) is -0.118. The second-order valence-corrected chi connectivity index (χ2v) is 7.52. The molecule has 0 aliphatic rings. The lowest BCUT2D eigenvalue weighted by atomic mass is 10.2. The Morgan fingerprint density at radius 3 is 2.37 bits per heavy atom. The van der Waals surface area contributed by atoms with Crippen LogP contribution < -0.4 is 19.1 Å². The molecule has 2 rings (SSSR count). The van der Waals surface area contributed by atoms with E-state index in [0.29, 0.717) is 17.1 Å². The molecule has 1 N–H and O–H groups in total. The van der Waals surface area contributed by atoms with Crippen LogP contribution in [0.1, 0.15) is 10.4 Å². The van der Waals surface area contributed by atoms with Crippen molar-refractivity contribution < 1.29 is 27.1 Å². The predicted octanol–water partition coefficient (Wildman–Crippen LogP) is 2.04. The first-order valence-corrected chi connectivity index (χ1v) is 9.85. The van der Waals surface area contributed by atoms with Crippen LogP contribution in [0.3, 0.4) is 0 Å². The fraction of sp³-hybridized carbons (Fsp3) is 0.278. The normalized spacial score (nSPS) is 11.0. The highest BCUT2D eigenvalue weighted by atomic mass is 32.2. The van der Waals surface area contributed by atoms with Gasteiger partial charge in [0.25, 0.3) is 5.91 Å². The van der Waals surface area contributed by atoms with Crippen LogP contribution in [0.2, 0.25) is 0 Å². The minimum Gasteiger partial charge on any atom is -0.493 e. The lowest BCUT2D eigenvalue weighted by molar-refractivity contribution is 0.0954. The van der Waals surface area contributed by atoms with Crippen molar-refractivity contribution in [2.24, 2.45) is 0 Å². The number of nitrogens with zero attached hydrogens (tertiary/aromatic N) is 1. The molecular weight excluding hydrogens is 375 g/mol. The van der Waals surface area contributed by atoms with E-state index in [9.17, 15) is 17.6 Å². The number of sulfonamides is 1. The van der Waals surface area contributed by atoms with Crippen molar-refractivity contribution in [3.63, 3.8) is 0 Å². The summed E-state index contributed by atoms with van der Waals surface area (Å²) in [5.74, 6) is -0.196. The van der Waals surface area contributed by atoms with Crippen LogP contribution in [0.4, 0.5) is 10.1 Å². The minimum absolute atomic E-state index is 0.00537. The molecule has 0 unspecified atom stereocenters. The quantitative estimate of drug-likeness (QED) is 0.738. The van der Waals surface area contributed by atoms with E-state index < -0.39 is 21.7 Å². The molecule has 0 aliphatic heterocycles. The molecule has 1 amide bonds. The predicted molar refractivity (Wildman–Crippen MR) is 100 cm³/mol. The lowest BCUT2D eigenvalue weighted by Crippen LogP contribution is -2.38. The molecule has 0 heterocycles. The van der Waals surface area contributed by atoms with Crippen LogP contribution in [0.15, 0.2) is 42.5 Å². The molecule has 7 nitrogen and oxygen atoms in total. The third kappa shape index (κ3) is 5.10. The molecule has 2 aromatic rings. The molecule has 0 atom stereocenters. The van der Waals surface area contributed by atoms with Crippen LogP contribution in [0.25, 0.3) is 0 Å². The molecule has 0 bridgehead atoms. The molecule has 0 aromatic heterocycles. The number of benzene rings is 2. The zero-order valence-electron chi connectivity index (χ0n) is 15.2. The molecule has 0 saturated carbocycles. The van der Waals surface area contributed by atoms with Crippen molar-refractivity contribution in [2.75, 3.05) is 37.9 Å². The van der Waals surface area contributed by atoms with Gasteiger partial charge in [-0.2, -0.15) is 0 Å². The van der Waals surface area contributed by atoms with Crippen molar-refractivity contribution in [3.8, 4) is 11.5 Å². The van der Waals surface area contributed by atoms with E-state index >= 15 is 0 Å². The van der Waals surface area contributed by atoms with Gasteiger partial charge in [0.15, 0.2) is 11.5 Å². The van der Waals surface area contributed by atoms with Crippen LogP contribution in [-0.2, 0) is 10.0 Å². The van der Waals surface area contributed by atoms with Gasteiger partial charge in [-0.1, -0.05) is 12.1 Å². The zero-order valence-corrected chi connectivity index (χ0v) is 16.0. The van der Waals surface area contributed by atoms with E-state index in [2.05, 4.69) is 5.32 Å². The van der Waals surface area contributed by atoms with Gasteiger partial charge in [0, 0.05) is 12.1 Å². The topological polar surface area (TPSA) is 84.9 Å². The number of methoxy groups -OCH3 is 2. The number of para-hydroxylation sites is 1. The third-order valence-corrected chi connectivity index (χ3v) is 4.95. The van der Waals surface area contributed by atoms with E-state index in [0.717, 1.165) is 10.6 Å². The molecule has 0 fully saturated rings. The van der Waals surface area contributed by atoms with Gasteiger partial charge in [-0.15, -0.1) is 0 Å². The molecule has 9 heteroatoms. The molecule has 0 radical (unpaired) electrons. The number of nitrogens with one attached hydrogen (secondary N) is 1. The summed E-state index contributed by atoms with van der Waals surface area (Å²) in [6.07, 6.45) is 0.982. The van der Waals surface area contributed by atoms with Crippen molar-refractivity contribution >= 4 is 21.6 Å². The number of hydrogen-bond donors (Lipinski definition) is 1. The van der Waals surface area contributed by atoms with Gasteiger partial charge < -0.3 is 14.8 Å². The van der Waals surface area contributed by atoms with Crippen LogP contribution in [0, 0.1) is 5.82 Å². The SMILES string of the molecule is COc1ccc(C(=O)NCCN(c2ccccc2F)S(C)(=O)=O)cc1OC. The Morgan fingerprint density at radius 1 is 1.11 bits per heavy atom. The smallest absolute Gasteiger partial charge is 0.251 e. The van der Waals surface area contributed by atoms with Gasteiger partial charge in [-0.05, 0) is 30.3 Å². The number of halogens is 1. The summed E-state index contributed by atoms with van der Waals surface area (Å²) < 4.78 is 49.1. The van der Waals surface area contributed by atoms with E-state index in [1.807, 2.05) is 0 Å². The van der Waals surface area contributed by atoms with Crippen molar-refractivity contribution in [3.05, 3.63) is 53.8 Å². The van der Waals surface area contributed by atoms with Gasteiger partial charge in [-0.25, -0.2) is 12.8 Å². The van der Waals surface area contributed by atoms with E-state index in [4.69, 9.17) is 9.47 Å². The average molecular weight is 396 g/mol. The van der Waals surface area contributed by atoms with E-state index in [1.54, 1.807) is 18.2 Å².